The van der Waals surface area contributed by atoms with Crippen LogP contribution in [0, 0.1) is 23.7 Å². The number of rotatable bonds is 7. The molecule has 6 unspecified atom stereocenters. The third-order valence-corrected chi connectivity index (χ3v) is 9.14. The number of hydrogen-bond acceptors (Lipinski definition) is 6. The Labute approximate surface area is 236 Å². The first kappa shape index (κ1) is 31.4. The van der Waals surface area contributed by atoms with Crippen LogP contribution in [0.4, 0.5) is 0 Å². The molecule has 0 radical (unpaired) electrons. The Bertz CT molecular complexity index is 1040. The largest absolute Gasteiger partial charge is 0.508 e. The molecule has 0 amide bonds. The Hall–Kier alpha value is -2.12. The molecule has 0 spiro atoms. The summed E-state index contributed by atoms with van der Waals surface area (Å²) in [6.45, 7) is 6.07. The lowest BCUT2D eigenvalue weighted by atomic mass is 9.65. The van der Waals surface area contributed by atoms with E-state index in [0.717, 1.165) is 55.6 Å². The smallest absolute Gasteiger partial charge is 0.119 e. The van der Waals surface area contributed by atoms with E-state index in [2.05, 4.69) is 37.7 Å². The molecule has 0 aliphatic heterocycles. The average Bonchev–Trinajstić information content (AvgIpc) is 2.89. The molecule has 6 atom stereocenters. The molecule has 0 aromatic heterocycles. The molecular formula is C33H52N2O4. The highest BCUT2D eigenvalue weighted by atomic mass is 16.5. The van der Waals surface area contributed by atoms with E-state index in [-0.39, 0.29) is 29.4 Å². The third-order valence-electron chi connectivity index (χ3n) is 9.14. The molecule has 3 N–H and O–H groups in total. The normalized spacial score (nSPS) is 31.1. The van der Waals surface area contributed by atoms with Crippen molar-refractivity contribution in [3.63, 3.8) is 0 Å². The van der Waals surface area contributed by atoms with Crippen molar-refractivity contribution in [3.05, 3.63) is 59.7 Å². The topological polar surface area (TPSA) is 76.4 Å². The van der Waals surface area contributed by atoms with Gasteiger partial charge in [-0.2, -0.15) is 0 Å². The van der Waals surface area contributed by atoms with Crippen LogP contribution in [0.25, 0.3) is 0 Å². The number of methoxy groups -OCH3 is 1. The highest BCUT2D eigenvalue weighted by molar-refractivity contribution is 5.34. The van der Waals surface area contributed by atoms with Gasteiger partial charge in [0.05, 0.1) is 18.3 Å². The Balaban J connectivity index is 0.000000216. The van der Waals surface area contributed by atoms with Crippen molar-refractivity contribution < 1.29 is 20.1 Å². The Morgan fingerprint density at radius 2 is 1.21 bits per heavy atom. The lowest BCUT2D eigenvalue weighted by Crippen LogP contribution is -2.47. The zero-order valence-electron chi connectivity index (χ0n) is 25.2. The molecule has 2 aliphatic rings. The minimum absolute atomic E-state index is 0.216. The molecule has 2 aromatic carbocycles. The molecule has 2 aliphatic carbocycles. The zero-order chi connectivity index (χ0) is 28.8. The zero-order valence-corrected chi connectivity index (χ0v) is 25.2. The summed E-state index contributed by atoms with van der Waals surface area (Å²) in [5.41, 5.74) is 0.264. The summed E-state index contributed by atoms with van der Waals surface area (Å²) in [5.74, 6) is 2.02. The van der Waals surface area contributed by atoms with Gasteiger partial charge in [0.15, 0.2) is 0 Å². The minimum Gasteiger partial charge on any atom is -0.508 e. The molecule has 2 fully saturated rings. The van der Waals surface area contributed by atoms with Crippen LogP contribution in [0.3, 0.4) is 0 Å². The molecule has 0 bridgehead atoms. The van der Waals surface area contributed by atoms with Crippen molar-refractivity contribution in [2.75, 3.05) is 48.4 Å². The van der Waals surface area contributed by atoms with Crippen LogP contribution in [0.1, 0.15) is 63.5 Å². The number of benzene rings is 2. The van der Waals surface area contributed by atoms with Crippen molar-refractivity contribution in [2.45, 2.75) is 63.6 Å². The maximum Gasteiger partial charge on any atom is 0.119 e. The second kappa shape index (κ2) is 13.5. The van der Waals surface area contributed by atoms with Crippen LogP contribution in [-0.2, 0) is 11.2 Å². The molecule has 218 valence electrons. The average molecular weight is 541 g/mol. The van der Waals surface area contributed by atoms with Gasteiger partial charge >= 0.3 is 0 Å². The summed E-state index contributed by atoms with van der Waals surface area (Å²) < 4.78 is 5.32. The van der Waals surface area contributed by atoms with Gasteiger partial charge in [-0.25, -0.2) is 0 Å². The van der Waals surface area contributed by atoms with E-state index in [1.54, 1.807) is 19.2 Å². The fourth-order valence-electron chi connectivity index (χ4n) is 7.04. The van der Waals surface area contributed by atoms with Crippen LogP contribution in [-0.4, -0.2) is 73.5 Å². The summed E-state index contributed by atoms with van der Waals surface area (Å²) in [6.07, 6.45) is 6.60. The number of hydrogen-bond donors (Lipinski definition) is 3. The van der Waals surface area contributed by atoms with Crippen LogP contribution in [0.15, 0.2) is 48.5 Å². The number of aliphatic hydroxyl groups is 2. The van der Waals surface area contributed by atoms with Crippen molar-refractivity contribution in [1.82, 2.24) is 9.80 Å². The summed E-state index contributed by atoms with van der Waals surface area (Å²) in [6, 6.07) is 15.0. The first-order valence-corrected chi connectivity index (χ1v) is 14.6. The summed E-state index contributed by atoms with van der Waals surface area (Å²) >= 11 is 0. The summed E-state index contributed by atoms with van der Waals surface area (Å²) in [7, 11) is 9.91. The van der Waals surface area contributed by atoms with Crippen LogP contribution in [0.2, 0.25) is 0 Å². The van der Waals surface area contributed by atoms with Gasteiger partial charge in [0.2, 0.25) is 0 Å². The Morgan fingerprint density at radius 1 is 0.744 bits per heavy atom. The first-order chi connectivity index (χ1) is 18.4. The van der Waals surface area contributed by atoms with Crippen LogP contribution < -0.4 is 4.74 Å². The van der Waals surface area contributed by atoms with Crippen LogP contribution in [0.5, 0.6) is 11.5 Å². The van der Waals surface area contributed by atoms with Crippen molar-refractivity contribution >= 4 is 0 Å². The molecule has 39 heavy (non-hydrogen) atoms. The molecule has 2 saturated carbocycles. The lowest BCUT2D eigenvalue weighted by Gasteiger charge is -2.46. The standard InChI is InChI=1S/C17H27NO2.C16H25NO2/c1-13-7-5-9-15(12-18(2)3)17(13,19)14-8-6-10-16(11-14)20-4;1-12-6-4-8-14(11-17(2)3)16(12,19)13-7-5-9-15(18)10-13/h6,8,10-11,13,15,19H,5,7,9,12H2,1-4H3;5,7,9-10,12,14,18-19H,4,6,8,11H2,1-3H3. The number of ether oxygens (including phenoxy) is 1. The second-order valence-corrected chi connectivity index (χ2v) is 12.5. The van der Waals surface area contributed by atoms with Gasteiger partial charge < -0.3 is 29.9 Å². The van der Waals surface area contributed by atoms with Crippen molar-refractivity contribution in [1.29, 1.82) is 0 Å². The van der Waals surface area contributed by atoms with E-state index in [9.17, 15) is 15.3 Å². The van der Waals surface area contributed by atoms with Crippen LogP contribution >= 0.6 is 0 Å². The first-order valence-electron chi connectivity index (χ1n) is 14.6. The van der Waals surface area contributed by atoms with E-state index in [1.165, 1.54) is 12.8 Å². The monoisotopic (exact) mass is 540 g/mol. The van der Waals surface area contributed by atoms with E-state index < -0.39 is 11.2 Å². The highest BCUT2D eigenvalue weighted by Gasteiger charge is 2.46. The summed E-state index contributed by atoms with van der Waals surface area (Å²) in [5, 5.41) is 32.5. The molecule has 2 aromatic rings. The van der Waals surface area contributed by atoms with E-state index >= 15 is 0 Å². The highest BCUT2D eigenvalue weighted by Crippen LogP contribution is 2.47. The van der Waals surface area contributed by atoms with Gasteiger partial charge in [-0.05, 0) is 101 Å². The number of phenols is 1. The van der Waals surface area contributed by atoms with E-state index in [1.807, 2.05) is 50.5 Å². The molecule has 0 heterocycles. The van der Waals surface area contributed by atoms with Crippen molar-refractivity contribution in [2.24, 2.45) is 23.7 Å². The molecule has 6 heteroatoms. The second-order valence-electron chi connectivity index (χ2n) is 12.5. The summed E-state index contributed by atoms with van der Waals surface area (Å²) in [4.78, 5) is 4.31. The molecule has 4 rings (SSSR count). The fraction of sp³-hybridized carbons (Fsp3) is 0.636. The molecule has 6 nitrogen and oxygen atoms in total. The number of aromatic hydroxyl groups is 1. The van der Waals surface area contributed by atoms with Gasteiger partial charge in [-0.15, -0.1) is 0 Å². The predicted octanol–water partition coefficient (Wildman–Crippen LogP) is 5.46. The predicted molar refractivity (Wildman–Crippen MR) is 159 cm³/mol. The van der Waals surface area contributed by atoms with E-state index in [4.69, 9.17) is 4.74 Å². The molecular weight excluding hydrogens is 488 g/mol. The third kappa shape index (κ3) is 7.15. The maximum atomic E-state index is 11.5. The number of phenolic OH excluding ortho intramolecular Hbond substituents is 1. The maximum absolute atomic E-state index is 11.5. The SMILES string of the molecule is CC1CCCC(CN(C)C)C1(O)c1cccc(O)c1.COc1cccc(C2(O)C(C)CCCC2CN(C)C)c1. The molecule has 0 saturated heterocycles. The van der Waals surface area contributed by atoms with Gasteiger partial charge in [0.1, 0.15) is 11.5 Å². The minimum atomic E-state index is -0.832. The van der Waals surface area contributed by atoms with E-state index in [0.29, 0.717) is 0 Å². The quantitative estimate of drug-likeness (QED) is 0.433. The fourth-order valence-corrected chi connectivity index (χ4v) is 7.04. The number of nitrogens with zero attached hydrogens (tertiary/aromatic N) is 2. The van der Waals surface area contributed by atoms with Gasteiger partial charge in [0.25, 0.3) is 0 Å². The Morgan fingerprint density at radius 3 is 1.64 bits per heavy atom. The Kier molecular flexibility index (Phi) is 10.9. The van der Waals surface area contributed by atoms with Gasteiger partial charge in [-0.1, -0.05) is 51.0 Å². The lowest BCUT2D eigenvalue weighted by molar-refractivity contribution is -0.102. The van der Waals surface area contributed by atoms with Gasteiger partial charge in [0, 0.05) is 24.9 Å². The van der Waals surface area contributed by atoms with Crippen molar-refractivity contribution in [3.8, 4) is 11.5 Å². The van der Waals surface area contributed by atoms with Gasteiger partial charge in [-0.3, -0.25) is 0 Å².